The van der Waals surface area contributed by atoms with Crippen molar-refractivity contribution >= 4 is 96.9 Å². The van der Waals surface area contributed by atoms with Crippen LogP contribution in [0.3, 0.4) is 0 Å². The first-order valence-electron chi connectivity index (χ1n) is 0. The molecule has 0 aromatic rings. The minimum Gasteiger partial charge on any atom is -0.412 e. The molecule has 0 aromatic carbocycles. The molecule has 0 saturated carbocycles. The van der Waals surface area contributed by atoms with Crippen molar-refractivity contribution in [2.24, 2.45) is 0 Å². The molecule has 0 fully saturated rings. The minimum absolute atomic E-state index is 0. The van der Waals surface area contributed by atoms with Crippen molar-refractivity contribution < 1.29 is 5.48 Å². The van der Waals surface area contributed by atoms with Gasteiger partial charge in [-0.15, -0.1) is 0 Å². The maximum atomic E-state index is 0. The SMILES string of the molecule is O.[Ca].[Na].[Na]. The Morgan fingerprint density at radius 1 is 0.750 bits per heavy atom. The van der Waals surface area contributed by atoms with E-state index in [1.165, 1.54) is 0 Å². The Morgan fingerprint density at radius 3 is 0.750 bits per heavy atom. The van der Waals surface area contributed by atoms with Gasteiger partial charge in [-0.3, -0.25) is 0 Å². The Bertz CT molecular complexity index is 6.00. The van der Waals surface area contributed by atoms with Gasteiger partial charge in [-0.05, 0) is 0 Å². The predicted octanol–water partition coefficient (Wildman–Crippen LogP) is -1.97. The Labute approximate surface area is 99.8 Å². The molecule has 4 radical (unpaired) electrons. The van der Waals surface area contributed by atoms with Crippen LogP contribution >= 0.6 is 0 Å². The van der Waals surface area contributed by atoms with E-state index in [2.05, 4.69) is 0 Å². The largest absolute Gasteiger partial charge is 0.412 e. The van der Waals surface area contributed by atoms with Crippen LogP contribution in [0.25, 0.3) is 0 Å². The summed E-state index contributed by atoms with van der Waals surface area (Å²) in [6, 6.07) is 0. The van der Waals surface area contributed by atoms with Crippen LogP contribution < -0.4 is 0 Å². The summed E-state index contributed by atoms with van der Waals surface area (Å²) in [5.74, 6) is 0. The van der Waals surface area contributed by atoms with Gasteiger partial charge in [0, 0.05) is 96.9 Å². The van der Waals surface area contributed by atoms with Crippen molar-refractivity contribution in [2.45, 2.75) is 0 Å². The average molecular weight is 104 g/mol. The Hall–Kier alpha value is 3.22. The van der Waals surface area contributed by atoms with Crippen molar-refractivity contribution in [1.82, 2.24) is 0 Å². The molecule has 4 heteroatoms. The van der Waals surface area contributed by atoms with E-state index < -0.39 is 0 Å². The molecule has 0 heterocycles. The molecule has 0 amide bonds. The maximum absolute atomic E-state index is 0. The van der Waals surface area contributed by atoms with Crippen molar-refractivity contribution in [3.8, 4) is 0 Å². The molecule has 0 atom stereocenters. The van der Waals surface area contributed by atoms with Crippen LogP contribution in [-0.2, 0) is 0 Å². The fraction of sp³-hybridized carbons (Fsp3) is 0. The van der Waals surface area contributed by atoms with Gasteiger partial charge < -0.3 is 5.48 Å². The van der Waals surface area contributed by atoms with Crippen LogP contribution in [0.4, 0.5) is 0 Å². The van der Waals surface area contributed by atoms with Crippen molar-refractivity contribution in [1.29, 1.82) is 0 Å². The topological polar surface area (TPSA) is 31.5 Å². The van der Waals surface area contributed by atoms with Gasteiger partial charge in [0.25, 0.3) is 0 Å². The molecule has 0 aliphatic rings. The first kappa shape index (κ1) is 26.9. The summed E-state index contributed by atoms with van der Waals surface area (Å²) in [6.07, 6.45) is 0. The third kappa shape index (κ3) is 8.97. The smallest absolute Gasteiger partial charge is 0 e. The summed E-state index contributed by atoms with van der Waals surface area (Å²) in [5.41, 5.74) is 0. The van der Waals surface area contributed by atoms with E-state index in [-0.39, 0.29) is 102 Å². The Balaban J connectivity index is 0. The summed E-state index contributed by atoms with van der Waals surface area (Å²) < 4.78 is 0. The zero-order valence-corrected chi connectivity index (χ0v) is 9.42. The van der Waals surface area contributed by atoms with Crippen molar-refractivity contribution in [3.63, 3.8) is 0 Å². The number of hydrogen-bond donors (Lipinski definition) is 0. The van der Waals surface area contributed by atoms with E-state index in [1.54, 1.807) is 0 Å². The van der Waals surface area contributed by atoms with E-state index in [1.807, 2.05) is 0 Å². The van der Waals surface area contributed by atoms with Crippen LogP contribution in [-0.4, -0.2) is 102 Å². The van der Waals surface area contributed by atoms with E-state index >= 15 is 0 Å². The van der Waals surface area contributed by atoms with Gasteiger partial charge in [0.05, 0.1) is 0 Å². The summed E-state index contributed by atoms with van der Waals surface area (Å²) in [6.45, 7) is 0. The molecule has 0 aliphatic heterocycles. The van der Waals surface area contributed by atoms with Crippen LogP contribution in [0.1, 0.15) is 0 Å². The molecule has 0 saturated heterocycles. The summed E-state index contributed by atoms with van der Waals surface area (Å²) >= 11 is 0. The molecule has 2 N–H and O–H groups in total. The first-order chi connectivity index (χ1) is 0. The van der Waals surface area contributed by atoms with Gasteiger partial charge in [-0.2, -0.15) is 0 Å². The normalized spacial score (nSPS) is 0. The van der Waals surface area contributed by atoms with E-state index in [0.717, 1.165) is 0 Å². The third-order valence-electron chi connectivity index (χ3n) is 0. The molecule has 0 unspecified atom stereocenters. The van der Waals surface area contributed by atoms with Crippen LogP contribution in [0.2, 0.25) is 0 Å². The van der Waals surface area contributed by atoms with Gasteiger partial charge in [-0.1, -0.05) is 0 Å². The second-order valence-electron chi connectivity index (χ2n) is 0. The van der Waals surface area contributed by atoms with Crippen LogP contribution in [0.5, 0.6) is 0 Å². The molecular weight excluding hydrogens is 102 g/mol. The van der Waals surface area contributed by atoms with Crippen molar-refractivity contribution in [2.75, 3.05) is 0 Å². The fourth-order valence-corrected chi connectivity index (χ4v) is 0. The number of hydrogen-bond acceptors (Lipinski definition) is 0. The molecule has 0 aromatic heterocycles. The van der Waals surface area contributed by atoms with E-state index in [9.17, 15) is 0 Å². The monoisotopic (exact) mass is 104 g/mol. The first-order valence-corrected chi connectivity index (χ1v) is 0. The molecule has 1 nitrogen and oxygen atoms in total. The van der Waals surface area contributed by atoms with E-state index in [4.69, 9.17) is 0 Å². The standard InChI is InChI=1S/Ca.2Na.H2O/h;;;1H2. The molecule has 0 bridgehead atoms. The molecule has 0 aliphatic carbocycles. The summed E-state index contributed by atoms with van der Waals surface area (Å²) in [7, 11) is 0. The molecule has 4 heavy (non-hydrogen) atoms. The van der Waals surface area contributed by atoms with Crippen LogP contribution in [0, 0.1) is 0 Å². The van der Waals surface area contributed by atoms with Gasteiger partial charge in [-0.25, -0.2) is 0 Å². The quantitative estimate of drug-likeness (QED) is 0.319. The number of rotatable bonds is 0. The predicted molar refractivity (Wildman–Crippen MR) is 20.9 cm³/mol. The second-order valence-corrected chi connectivity index (χ2v) is 0. The van der Waals surface area contributed by atoms with Gasteiger partial charge in [0.1, 0.15) is 0 Å². The zero-order valence-electron chi connectivity index (χ0n) is 3.21. The molecule has 0 rings (SSSR count). The average Bonchev–Trinajstić information content (AvgIpc) is 0. The fourth-order valence-electron chi connectivity index (χ4n) is 0. The second kappa shape index (κ2) is 16.3. The summed E-state index contributed by atoms with van der Waals surface area (Å²) in [4.78, 5) is 0. The maximum Gasteiger partial charge on any atom is 0 e. The van der Waals surface area contributed by atoms with Crippen LogP contribution in [0.15, 0.2) is 0 Å². The summed E-state index contributed by atoms with van der Waals surface area (Å²) in [5, 5.41) is 0. The van der Waals surface area contributed by atoms with Gasteiger partial charge in [0.2, 0.25) is 0 Å². The zero-order chi connectivity index (χ0) is 0. The van der Waals surface area contributed by atoms with Gasteiger partial charge >= 0.3 is 0 Å². The van der Waals surface area contributed by atoms with Gasteiger partial charge in [0.15, 0.2) is 0 Å². The Morgan fingerprint density at radius 2 is 0.750 bits per heavy atom. The molecule has 0 spiro atoms. The third-order valence-corrected chi connectivity index (χ3v) is 0. The van der Waals surface area contributed by atoms with Crippen molar-refractivity contribution in [3.05, 3.63) is 0 Å². The molecule has 12 valence electrons. The Kier molecular flexibility index (Phi) is 110. The molecular formula is H2CaNa2O. The minimum atomic E-state index is 0. The van der Waals surface area contributed by atoms with E-state index in [0.29, 0.717) is 0 Å².